The van der Waals surface area contributed by atoms with Crippen molar-refractivity contribution >= 4 is 11.9 Å². The van der Waals surface area contributed by atoms with E-state index in [4.69, 9.17) is 9.47 Å². The average molecular weight is 200 g/mol. The molecule has 0 aromatic heterocycles. The van der Waals surface area contributed by atoms with E-state index in [9.17, 15) is 9.59 Å². The van der Waals surface area contributed by atoms with E-state index in [-0.39, 0.29) is 29.9 Å². The molecule has 1 heterocycles. The van der Waals surface area contributed by atoms with Crippen LogP contribution in [0.2, 0.25) is 0 Å². The fourth-order valence-corrected chi connectivity index (χ4v) is 1.72. The van der Waals surface area contributed by atoms with E-state index in [2.05, 4.69) is 0 Å². The van der Waals surface area contributed by atoms with Crippen molar-refractivity contribution in [3.63, 3.8) is 0 Å². The van der Waals surface area contributed by atoms with Crippen LogP contribution in [0.4, 0.5) is 0 Å². The quantitative estimate of drug-likeness (QED) is 0.641. The van der Waals surface area contributed by atoms with Crippen LogP contribution in [-0.4, -0.2) is 24.6 Å². The summed E-state index contributed by atoms with van der Waals surface area (Å²) in [7, 11) is 0. The molecule has 1 fully saturated rings. The van der Waals surface area contributed by atoms with Gasteiger partial charge in [0.2, 0.25) is 0 Å². The van der Waals surface area contributed by atoms with Crippen LogP contribution in [0.3, 0.4) is 0 Å². The zero-order valence-corrected chi connectivity index (χ0v) is 8.78. The molecule has 0 amide bonds. The number of hydrogen-bond donors (Lipinski definition) is 0. The average Bonchev–Trinajstić information content (AvgIpc) is 2.41. The summed E-state index contributed by atoms with van der Waals surface area (Å²) in [6.07, 6.45) is 0.358. The van der Waals surface area contributed by atoms with Crippen LogP contribution in [0.15, 0.2) is 0 Å². The summed E-state index contributed by atoms with van der Waals surface area (Å²) in [5.41, 5.74) is 0. The van der Waals surface area contributed by atoms with Crippen LogP contribution in [0.5, 0.6) is 0 Å². The van der Waals surface area contributed by atoms with Gasteiger partial charge in [-0.3, -0.25) is 9.59 Å². The summed E-state index contributed by atoms with van der Waals surface area (Å²) in [4.78, 5) is 21.6. The second-order valence-corrected chi connectivity index (χ2v) is 3.92. The van der Waals surface area contributed by atoms with Crippen LogP contribution in [-0.2, 0) is 19.1 Å². The third-order valence-electron chi connectivity index (χ3n) is 2.43. The van der Waals surface area contributed by atoms with Gasteiger partial charge in [0.15, 0.2) is 0 Å². The van der Waals surface area contributed by atoms with Crippen LogP contribution in [0.25, 0.3) is 0 Å². The molecule has 0 bridgehead atoms. The monoisotopic (exact) mass is 200 g/mol. The molecule has 1 aliphatic heterocycles. The maximum Gasteiger partial charge on any atom is 0.306 e. The lowest BCUT2D eigenvalue weighted by Crippen LogP contribution is -2.27. The number of rotatable bonds is 3. The van der Waals surface area contributed by atoms with Gasteiger partial charge in [0.05, 0.1) is 13.0 Å². The largest absolute Gasteiger partial charge is 0.465 e. The zero-order valence-electron chi connectivity index (χ0n) is 8.78. The van der Waals surface area contributed by atoms with Gasteiger partial charge in [-0.05, 0) is 0 Å². The molecule has 3 unspecified atom stereocenters. The lowest BCUT2D eigenvalue weighted by molar-refractivity contribution is -0.147. The molecule has 0 aromatic carbocycles. The highest BCUT2D eigenvalue weighted by Crippen LogP contribution is 2.27. The Morgan fingerprint density at radius 3 is 2.79 bits per heavy atom. The van der Waals surface area contributed by atoms with Gasteiger partial charge in [0, 0.05) is 18.8 Å². The first kappa shape index (κ1) is 11.0. The first-order valence-electron chi connectivity index (χ1n) is 4.83. The highest BCUT2D eigenvalue weighted by molar-refractivity contribution is 5.72. The van der Waals surface area contributed by atoms with Crippen molar-refractivity contribution in [2.24, 2.45) is 11.8 Å². The van der Waals surface area contributed by atoms with Crippen molar-refractivity contribution in [3.8, 4) is 0 Å². The molecule has 0 N–H and O–H groups in total. The molecule has 4 heteroatoms. The summed E-state index contributed by atoms with van der Waals surface area (Å²) < 4.78 is 10.0. The summed E-state index contributed by atoms with van der Waals surface area (Å²) in [6, 6.07) is 0. The van der Waals surface area contributed by atoms with E-state index in [1.165, 1.54) is 6.92 Å². The Morgan fingerprint density at radius 1 is 1.71 bits per heavy atom. The standard InChI is InChI=1S/C10H16O4/c1-6-4-9(12)14-10(6)7(2)5-13-8(3)11/h6-7,10H,4-5H2,1-3H3. The van der Waals surface area contributed by atoms with Crippen molar-refractivity contribution in [1.82, 2.24) is 0 Å². The van der Waals surface area contributed by atoms with Crippen LogP contribution >= 0.6 is 0 Å². The van der Waals surface area contributed by atoms with Crippen molar-refractivity contribution in [2.45, 2.75) is 33.3 Å². The van der Waals surface area contributed by atoms with Crippen molar-refractivity contribution in [3.05, 3.63) is 0 Å². The van der Waals surface area contributed by atoms with Gasteiger partial charge in [-0.15, -0.1) is 0 Å². The number of esters is 2. The van der Waals surface area contributed by atoms with Gasteiger partial charge in [-0.1, -0.05) is 13.8 Å². The van der Waals surface area contributed by atoms with E-state index < -0.39 is 0 Å². The molecular weight excluding hydrogens is 184 g/mol. The number of ether oxygens (including phenoxy) is 2. The van der Waals surface area contributed by atoms with Crippen LogP contribution in [0.1, 0.15) is 27.2 Å². The number of carbonyl (C=O) groups excluding carboxylic acids is 2. The molecule has 14 heavy (non-hydrogen) atoms. The molecule has 1 rings (SSSR count). The van der Waals surface area contributed by atoms with E-state index in [1.807, 2.05) is 13.8 Å². The maximum absolute atomic E-state index is 11.0. The molecule has 0 aromatic rings. The molecule has 1 aliphatic rings. The van der Waals surface area contributed by atoms with E-state index in [0.717, 1.165) is 0 Å². The molecule has 80 valence electrons. The van der Waals surface area contributed by atoms with Gasteiger partial charge in [-0.25, -0.2) is 0 Å². The Balaban J connectivity index is 2.40. The molecule has 0 radical (unpaired) electrons. The molecular formula is C10H16O4. The predicted molar refractivity (Wildman–Crippen MR) is 49.5 cm³/mol. The fourth-order valence-electron chi connectivity index (χ4n) is 1.72. The van der Waals surface area contributed by atoms with Crippen molar-refractivity contribution < 1.29 is 19.1 Å². The fraction of sp³-hybridized carbons (Fsp3) is 0.800. The topological polar surface area (TPSA) is 52.6 Å². The molecule has 0 aliphatic carbocycles. The lowest BCUT2D eigenvalue weighted by atomic mass is 9.94. The zero-order chi connectivity index (χ0) is 10.7. The molecule has 0 spiro atoms. The minimum Gasteiger partial charge on any atom is -0.465 e. The van der Waals surface area contributed by atoms with Crippen LogP contribution in [0, 0.1) is 11.8 Å². The Morgan fingerprint density at radius 2 is 2.36 bits per heavy atom. The second-order valence-electron chi connectivity index (χ2n) is 3.92. The summed E-state index contributed by atoms with van der Waals surface area (Å²) in [6.45, 7) is 5.58. The van der Waals surface area contributed by atoms with Crippen LogP contribution < -0.4 is 0 Å². The molecule has 0 saturated carbocycles. The third-order valence-corrected chi connectivity index (χ3v) is 2.43. The maximum atomic E-state index is 11.0. The normalized spacial score (nSPS) is 28.4. The first-order chi connectivity index (χ1) is 6.50. The van der Waals surface area contributed by atoms with Gasteiger partial charge < -0.3 is 9.47 Å². The Bertz CT molecular complexity index is 236. The number of carbonyl (C=O) groups is 2. The van der Waals surface area contributed by atoms with Crippen molar-refractivity contribution in [1.29, 1.82) is 0 Å². The van der Waals surface area contributed by atoms with Gasteiger partial charge >= 0.3 is 11.9 Å². The second kappa shape index (κ2) is 4.44. The minimum absolute atomic E-state index is 0.0698. The van der Waals surface area contributed by atoms with Gasteiger partial charge in [0.1, 0.15) is 6.10 Å². The van der Waals surface area contributed by atoms with Gasteiger partial charge in [-0.2, -0.15) is 0 Å². The van der Waals surface area contributed by atoms with Gasteiger partial charge in [0.25, 0.3) is 0 Å². The predicted octanol–water partition coefficient (Wildman–Crippen LogP) is 1.14. The van der Waals surface area contributed by atoms with Crippen molar-refractivity contribution in [2.75, 3.05) is 6.61 Å². The molecule has 1 saturated heterocycles. The smallest absolute Gasteiger partial charge is 0.306 e. The number of cyclic esters (lactones) is 1. The number of hydrogen-bond acceptors (Lipinski definition) is 4. The van der Waals surface area contributed by atoms with E-state index in [0.29, 0.717) is 13.0 Å². The SMILES string of the molecule is CC(=O)OCC(C)C1OC(=O)CC1C. The summed E-state index contributed by atoms with van der Waals surface area (Å²) in [5, 5.41) is 0. The first-order valence-corrected chi connectivity index (χ1v) is 4.83. The molecule has 3 atom stereocenters. The third kappa shape index (κ3) is 2.72. The van der Waals surface area contributed by atoms with E-state index in [1.54, 1.807) is 0 Å². The van der Waals surface area contributed by atoms with E-state index >= 15 is 0 Å². The molecule has 4 nitrogen and oxygen atoms in total. The highest BCUT2D eigenvalue weighted by Gasteiger charge is 2.35. The summed E-state index contributed by atoms with van der Waals surface area (Å²) >= 11 is 0. The minimum atomic E-state index is -0.297. The highest BCUT2D eigenvalue weighted by atomic mass is 16.6. The Labute approximate surface area is 83.6 Å². The lowest BCUT2D eigenvalue weighted by Gasteiger charge is -2.20. The Kier molecular flexibility index (Phi) is 3.49. The Hall–Kier alpha value is -1.06. The summed E-state index contributed by atoms with van der Waals surface area (Å²) in [5.74, 6) is -0.167.